The van der Waals surface area contributed by atoms with Gasteiger partial charge in [-0.2, -0.15) is 0 Å². The van der Waals surface area contributed by atoms with E-state index in [0.717, 1.165) is 47.0 Å². The van der Waals surface area contributed by atoms with E-state index >= 15 is 0 Å². The Balaban J connectivity index is 0.00000280. The molecule has 0 aromatic rings. The number of nitrogens with zero attached hydrogens (tertiary/aromatic N) is 3. The molecule has 0 aromatic heterocycles. The van der Waals surface area contributed by atoms with Gasteiger partial charge in [0.15, 0.2) is 18.4 Å². The van der Waals surface area contributed by atoms with E-state index in [0.29, 0.717) is 39.2 Å². The number of aliphatic carboxylic acids is 2. The van der Waals surface area contributed by atoms with Crippen molar-refractivity contribution >= 4 is 73.6 Å². The van der Waals surface area contributed by atoms with Gasteiger partial charge in [-0.15, -0.1) is 24.7 Å². The first-order valence-electron chi connectivity index (χ1n) is 28.3. The van der Waals surface area contributed by atoms with Crippen molar-refractivity contribution in [3.05, 3.63) is 10.4 Å². The van der Waals surface area contributed by atoms with E-state index in [1.54, 1.807) is 0 Å². The molecule has 0 radical (unpaired) electrons. The number of hydrogen-bond acceptors (Lipinski definition) is 27. The fraction of sp³-hybridized carbons (Fsp3) is 0.731. The molecule has 516 valence electrons. The van der Waals surface area contributed by atoms with Gasteiger partial charge in [-0.1, -0.05) is 18.5 Å². The lowest BCUT2D eigenvalue weighted by Gasteiger charge is -2.50. The Labute approximate surface area is 524 Å². The number of azide groups is 1. The van der Waals surface area contributed by atoms with Crippen LogP contribution in [-0.4, -0.2) is 204 Å². The van der Waals surface area contributed by atoms with Gasteiger partial charge in [0.2, 0.25) is 55.9 Å². The van der Waals surface area contributed by atoms with Gasteiger partial charge in [0.1, 0.15) is 72.9 Å². The largest absolute Gasteiger partial charge is 0.772 e. The normalized spacial score (nSPS) is 24.1. The summed E-state index contributed by atoms with van der Waals surface area (Å²) in [6.07, 6.45) is -3.21. The number of terminal acetylenes is 2. The maximum Gasteiger partial charge on any atom is 0.249 e. The number of nitrogens with two attached hydrogens (primary N) is 1. The molecule has 2 heterocycles. The second-order valence-corrected chi connectivity index (χ2v) is 25.7. The summed E-state index contributed by atoms with van der Waals surface area (Å²) in [7, 11) is -11.5. The summed E-state index contributed by atoms with van der Waals surface area (Å²) in [5, 5.41) is 80.5. The SMILES string of the molecule is C#CCCCC(NC(C)=O)C(=O)[O-].C#CCCCC([NH3+])C(=O)CC.COP(=O)([O-])P(=O)([O-])O[C@H]1O[C@H](CO)C(O[C@@H]2O[C@H](CO)[C@@H](O)[C@H](O)[C@H]2NC(C)=O)[C@H](O[C@H](C)C(=O)N[C@@H](C)C(=O)N[C@H](CCC(=O)N[C@@H](CCCCN=[N+]=[N-])C(=O)[O-])C(N)=O)[C@H]1NC(C)=O. The third-order valence-electron chi connectivity index (χ3n) is 13.1. The van der Waals surface area contributed by atoms with Crippen LogP contribution in [-0.2, 0) is 85.1 Å². The summed E-state index contributed by atoms with van der Waals surface area (Å²) in [5.74, 6) is -4.08. The maximum atomic E-state index is 13.6. The van der Waals surface area contributed by atoms with Crippen molar-refractivity contribution in [3.8, 4) is 24.7 Å². The van der Waals surface area contributed by atoms with Crippen molar-refractivity contribution in [3.63, 3.8) is 0 Å². The topological polar surface area (TPSA) is 608 Å². The minimum Gasteiger partial charge on any atom is -0.772 e. The van der Waals surface area contributed by atoms with Gasteiger partial charge in [-0.05, 0) is 57.9 Å². The van der Waals surface area contributed by atoms with Crippen molar-refractivity contribution < 1.29 is 131 Å². The molecule has 91 heavy (non-hydrogen) atoms. The van der Waals surface area contributed by atoms with Crippen LogP contribution < -0.4 is 63.4 Å². The van der Waals surface area contributed by atoms with Crippen LogP contribution in [0.25, 0.3) is 10.4 Å². The van der Waals surface area contributed by atoms with Gasteiger partial charge in [0.25, 0.3) is 0 Å². The van der Waals surface area contributed by atoms with Crippen molar-refractivity contribution in [2.24, 2.45) is 10.8 Å². The first kappa shape index (κ1) is 84.3. The number of ether oxygens (including phenoxy) is 4. The molecule has 2 saturated heterocycles. The van der Waals surface area contributed by atoms with E-state index in [9.17, 15) is 97.5 Å². The van der Waals surface area contributed by atoms with Gasteiger partial charge in [0.05, 0.1) is 37.2 Å². The van der Waals surface area contributed by atoms with Crippen LogP contribution in [0.15, 0.2) is 5.11 Å². The summed E-state index contributed by atoms with van der Waals surface area (Å²) in [6.45, 7) is 5.22. The summed E-state index contributed by atoms with van der Waals surface area (Å²) in [4.78, 5) is 148. The van der Waals surface area contributed by atoms with Crippen molar-refractivity contribution in [1.82, 2.24) is 31.9 Å². The van der Waals surface area contributed by atoms with Gasteiger partial charge in [-0.3, -0.25) is 52.0 Å². The Morgan fingerprint density at radius 2 is 1.26 bits per heavy atom. The minimum absolute atomic E-state index is 0.0478. The van der Waals surface area contributed by atoms with Gasteiger partial charge >= 0.3 is 0 Å². The highest BCUT2D eigenvalue weighted by atomic mass is 32.1. The summed E-state index contributed by atoms with van der Waals surface area (Å²) >= 11 is 0. The molecule has 2 fully saturated rings. The lowest BCUT2D eigenvalue weighted by Crippen LogP contribution is -2.70. The van der Waals surface area contributed by atoms with Crippen LogP contribution in [0.5, 0.6) is 0 Å². The predicted molar refractivity (Wildman–Crippen MR) is 304 cm³/mol. The molecule has 0 aliphatic carbocycles. The van der Waals surface area contributed by atoms with Crippen LogP contribution in [0.1, 0.15) is 119 Å². The number of aliphatic hydroxyl groups is 4. The van der Waals surface area contributed by atoms with Crippen LogP contribution in [0.4, 0.5) is 0 Å². The third kappa shape index (κ3) is 30.5. The lowest BCUT2D eigenvalue weighted by molar-refractivity contribution is -0.404. The van der Waals surface area contributed by atoms with Gasteiger partial charge in [-0.25, -0.2) is 0 Å². The maximum absolute atomic E-state index is 13.6. The summed E-state index contributed by atoms with van der Waals surface area (Å²) in [5.41, 5.74) is 17.5. The second-order valence-electron chi connectivity index (χ2n) is 20.4. The number of carboxylic acids is 2. The average Bonchev–Trinajstić information content (AvgIpc) is 1.41. The van der Waals surface area contributed by atoms with Crippen molar-refractivity contribution in [1.29, 1.82) is 0 Å². The molecule has 0 spiro atoms. The zero-order valence-electron chi connectivity index (χ0n) is 51.3. The van der Waals surface area contributed by atoms with Crippen molar-refractivity contribution in [2.75, 3.05) is 26.9 Å². The number of rotatable bonds is 37. The molecule has 2 aliphatic heterocycles. The Bertz CT molecular complexity index is 2660. The zero-order valence-corrected chi connectivity index (χ0v) is 53.1. The van der Waals surface area contributed by atoms with E-state index in [1.807, 2.05) is 6.92 Å². The molecule has 37 nitrogen and oxygen atoms in total. The Kier molecular flexibility index (Phi) is 40.0. The number of nitrogens with one attached hydrogen (secondary N) is 6. The fourth-order valence-corrected chi connectivity index (χ4v) is 10.3. The highest BCUT2D eigenvalue weighted by Gasteiger charge is 2.54. The molecule has 15 N–H and O–H groups in total. The highest BCUT2D eigenvalue weighted by molar-refractivity contribution is 8.25. The van der Waals surface area contributed by atoms with E-state index < -0.39 is 180 Å². The predicted octanol–water partition coefficient (Wildman–Crippen LogP) is -7.61. The standard InChI is InChI=1S/C34H59N9O22P2.C9H13NO3.C9H15NO/c1-14(30(52)42-18(29(35)51)9-10-22(48)41-19(32(54)55)8-6-7-11-37-43-36)38-31(53)15(2)61-28-24(40-17(4)47)34(65-67(58,59)66(56,57)60-5)63-21(13-45)27(28)64-33-23(39-16(3)46)26(50)25(49)20(12-44)62-33;1-3-4-5-6-8(9(12)13)10-7(2)11;1-3-5-6-7-8(10)9(11)4-2/h14-15,18-21,23-28,33-34,44-45,49-50H,6-13H2,1-5H3,(H2,35,51)(H,38,53)(H,39,46)(H,40,47)(H,41,48)(H,42,52)(H,54,55)(H,56,57)(H,58,59);1,8H,4-6H2,2H3,(H,10,11)(H,12,13);1,8H,4-7,10H2,2H3/p-3/t14-,15+,18+,19-,20+,21+,23+,24+,25+,26+,27?,28+,33-,34+;;/m0../s1. The van der Waals surface area contributed by atoms with Crippen LogP contribution in [0, 0.1) is 24.7 Å². The zero-order chi connectivity index (χ0) is 69.9. The molecule has 0 saturated carbocycles. The molecule has 7 amide bonds. The van der Waals surface area contributed by atoms with Gasteiger partial charge in [0, 0.05) is 71.4 Å². The first-order chi connectivity index (χ1) is 42.5. The number of hydrogen-bond donors (Lipinski definition) is 12. The Hall–Kier alpha value is -6.73. The molecule has 39 heteroatoms. The van der Waals surface area contributed by atoms with Crippen LogP contribution in [0.2, 0.25) is 0 Å². The molecule has 0 aromatic carbocycles. The number of carbonyl (C=O) groups excluding carboxylic acids is 10. The van der Waals surface area contributed by atoms with E-state index in [1.165, 1.54) is 6.92 Å². The number of Topliss-reactive ketones (excluding diaryl/α,β-unsaturated/α-hetero) is 1. The smallest absolute Gasteiger partial charge is 0.249 e. The molecule has 18 atom stereocenters. The Morgan fingerprint density at radius 1 is 0.725 bits per heavy atom. The van der Waals surface area contributed by atoms with Crippen LogP contribution >= 0.6 is 14.6 Å². The number of quaternary nitrogens is 1. The molecule has 2 rings (SSSR count). The minimum atomic E-state index is -6.15. The Morgan fingerprint density at radius 3 is 1.76 bits per heavy atom. The average molecular weight is 1340 g/mol. The van der Waals surface area contributed by atoms with Crippen molar-refractivity contribution in [2.45, 2.75) is 216 Å². The fourth-order valence-electron chi connectivity index (χ4n) is 8.33. The molecule has 5 unspecified atom stereocenters. The number of carbonyl (C=O) groups is 10. The second kappa shape index (κ2) is 43.2. The highest BCUT2D eigenvalue weighted by Crippen LogP contribution is 2.72. The third-order valence-corrected chi connectivity index (χ3v) is 17.3. The van der Waals surface area contributed by atoms with E-state index in [-0.39, 0.29) is 37.1 Å². The lowest BCUT2D eigenvalue weighted by atomic mass is 9.94. The number of unbranched alkanes of at least 4 members (excludes halogenated alkanes) is 3. The van der Waals surface area contributed by atoms with E-state index in [2.05, 4.69) is 64.0 Å². The number of amides is 7. The number of carboxylic acid groups (broad SMARTS) is 2. The monoisotopic (exact) mass is 1340 g/mol. The quantitative estimate of drug-likeness (QED) is 0.00686. The number of aliphatic hydroxyl groups excluding tert-OH is 4. The molecular weight excluding hydrogens is 1260 g/mol. The number of primary amides is 1. The summed E-state index contributed by atoms with van der Waals surface area (Å²) in [6, 6.07) is -9.18. The molecular formula is C52H84N11O26P2-3. The molecule has 0 bridgehead atoms. The first-order valence-corrected chi connectivity index (χ1v) is 32.1. The summed E-state index contributed by atoms with van der Waals surface area (Å²) < 4.78 is 57.3. The number of ketones is 1. The van der Waals surface area contributed by atoms with Crippen LogP contribution in [0.3, 0.4) is 0 Å². The van der Waals surface area contributed by atoms with Gasteiger partial charge < -0.3 is 117 Å². The molecule has 2 aliphatic rings. The van der Waals surface area contributed by atoms with E-state index in [4.69, 9.17) is 47.6 Å².